The Morgan fingerprint density at radius 2 is 2.19 bits per heavy atom. The lowest BCUT2D eigenvalue weighted by Crippen LogP contribution is -2.10. The van der Waals surface area contributed by atoms with Gasteiger partial charge in [-0.25, -0.2) is 0 Å². The maximum atomic E-state index is 5.33. The van der Waals surface area contributed by atoms with Gasteiger partial charge in [0.05, 0.1) is 5.52 Å². The number of para-hydroxylation sites is 1. The quantitative estimate of drug-likeness (QED) is 0.794. The highest BCUT2D eigenvalue weighted by atomic mass is 15.3. The molecule has 0 fully saturated rings. The molecule has 0 unspecified atom stereocenters. The van der Waals surface area contributed by atoms with Gasteiger partial charge < -0.3 is 5.32 Å². The average molecular weight is 213 g/mol. The van der Waals surface area contributed by atoms with Gasteiger partial charge in [-0.05, 0) is 26.0 Å². The molecule has 0 saturated heterocycles. The third kappa shape index (κ3) is 1.87. The normalized spacial score (nSPS) is 10.6. The van der Waals surface area contributed by atoms with E-state index in [1.54, 1.807) is 0 Å². The molecule has 2 rings (SSSR count). The van der Waals surface area contributed by atoms with Gasteiger partial charge in [0.2, 0.25) is 0 Å². The summed E-state index contributed by atoms with van der Waals surface area (Å²) >= 11 is 0. The Morgan fingerprint density at radius 1 is 1.44 bits per heavy atom. The number of hydrogen-bond donors (Lipinski definition) is 1. The van der Waals surface area contributed by atoms with Crippen molar-refractivity contribution in [3.05, 3.63) is 24.3 Å². The van der Waals surface area contributed by atoms with E-state index in [-0.39, 0.29) is 0 Å². The molecule has 0 bridgehead atoms. The molecule has 0 atom stereocenters. The summed E-state index contributed by atoms with van der Waals surface area (Å²) in [5, 5.41) is 8.93. The Balaban J connectivity index is 2.54. The van der Waals surface area contributed by atoms with Crippen LogP contribution in [-0.2, 0) is 6.54 Å². The molecule has 3 heteroatoms. The molecule has 3 nitrogen and oxygen atoms in total. The summed E-state index contributed by atoms with van der Waals surface area (Å²) in [6, 6.07) is 8.45. The number of rotatable bonds is 3. The highest BCUT2D eigenvalue weighted by Crippen LogP contribution is 2.22. The van der Waals surface area contributed by atoms with E-state index >= 15 is 0 Å². The van der Waals surface area contributed by atoms with Gasteiger partial charge in [0.25, 0.3) is 0 Å². The summed E-state index contributed by atoms with van der Waals surface area (Å²) in [5.74, 6) is 3.52. The van der Waals surface area contributed by atoms with Crippen LogP contribution in [0.1, 0.15) is 13.8 Å². The topological polar surface area (TPSA) is 29.9 Å². The zero-order valence-corrected chi connectivity index (χ0v) is 9.57. The van der Waals surface area contributed by atoms with Crippen molar-refractivity contribution in [3.63, 3.8) is 0 Å². The first-order valence-corrected chi connectivity index (χ1v) is 5.38. The van der Waals surface area contributed by atoms with Gasteiger partial charge in [-0.15, -0.1) is 6.42 Å². The maximum absolute atomic E-state index is 5.33. The van der Waals surface area contributed by atoms with Crippen molar-refractivity contribution in [3.8, 4) is 12.3 Å². The highest BCUT2D eigenvalue weighted by Gasteiger charge is 2.09. The summed E-state index contributed by atoms with van der Waals surface area (Å²) in [4.78, 5) is 0. The number of anilines is 1. The molecule has 0 radical (unpaired) electrons. The second-order valence-corrected chi connectivity index (χ2v) is 4.03. The van der Waals surface area contributed by atoms with E-state index in [1.807, 2.05) is 22.9 Å². The lowest BCUT2D eigenvalue weighted by atomic mass is 10.2. The average Bonchev–Trinajstić information content (AvgIpc) is 2.58. The highest BCUT2D eigenvalue weighted by molar-refractivity contribution is 5.90. The Kier molecular flexibility index (Phi) is 2.82. The Hall–Kier alpha value is -1.95. The summed E-state index contributed by atoms with van der Waals surface area (Å²) in [6.45, 7) is 4.68. The third-order valence-corrected chi connectivity index (χ3v) is 2.32. The summed E-state index contributed by atoms with van der Waals surface area (Å²) < 4.78 is 1.85. The lowest BCUT2D eigenvalue weighted by molar-refractivity contribution is 0.738. The van der Waals surface area contributed by atoms with E-state index in [9.17, 15) is 0 Å². The molecular formula is C13H15N3. The van der Waals surface area contributed by atoms with Gasteiger partial charge in [-0.2, -0.15) is 5.10 Å². The van der Waals surface area contributed by atoms with Crippen LogP contribution < -0.4 is 5.32 Å². The number of benzene rings is 1. The number of hydrogen-bond acceptors (Lipinski definition) is 2. The lowest BCUT2D eigenvalue weighted by Gasteiger charge is -2.05. The minimum atomic E-state index is 0.359. The predicted octanol–water partition coefficient (Wildman–Crippen LogP) is 2.49. The Morgan fingerprint density at radius 3 is 2.88 bits per heavy atom. The van der Waals surface area contributed by atoms with Crippen molar-refractivity contribution in [1.29, 1.82) is 0 Å². The second-order valence-electron chi connectivity index (χ2n) is 4.03. The molecule has 16 heavy (non-hydrogen) atoms. The summed E-state index contributed by atoms with van der Waals surface area (Å²) in [6.07, 6.45) is 5.33. The first-order chi connectivity index (χ1) is 7.72. The zero-order chi connectivity index (χ0) is 11.5. The zero-order valence-electron chi connectivity index (χ0n) is 9.57. The number of terminal acetylenes is 1. The molecule has 2 aromatic rings. The summed E-state index contributed by atoms with van der Waals surface area (Å²) in [7, 11) is 0. The van der Waals surface area contributed by atoms with Crippen LogP contribution in [0, 0.1) is 12.3 Å². The molecule has 1 aromatic carbocycles. The van der Waals surface area contributed by atoms with Crippen LogP contribution in [0.25, 0.3) is 10.9 Å². The van der Waals surface area contributed by atoms with Gasteiger partial charge in [0.15, 0.2) is 5.82 Å². The number of fused-ring (bicyclic) bond motifs is 1. The monoisotopic (exact) mass is 213 g/mol. The van der Waals surface area contributed by atoms with Crippen LogP contribution in [0.4, 0.5) is 5.82 Å². The molecule has 1 heterocycles. The van der Waals surface area contributed by atoms with Crippen LogP contribution in [0.15, 0.2) is 24.3 Å². The fourth-order valence-electron chi connectivity index (χ4n) is 1.71. The van der Waals surface area contributed by atoms with Gasteiger partial charge in [-0.1, -0.05) is 18.1 Å². The maximum Gasteiger partial charge on any atom is 0.156 e. The molecular weight excluding hydrogens is 198 g/mol. The van der Waals surface area contributed by atoms with Gasteiger partial charge in [-0.3, -0.25) is 4.68 Å². The number of nitrogens with one attached hydrogen (secondary N) is 1. The van der Waals surface area contributed by atoms with E-state index in [2.05, 4.69) is 36.2 Å². The molecule has 1 N–H and O–H groups in total. The van der Waals surface area contributed by atoms with E-state index in [0.29, 0.717) is 12.6 Å². The van der Waals surface area contributed by atoms with Crippen molar-refractivity contribution >= 4 is 16.7 Å². The second kappa shape index (κ2) is 4.28. The molecule has 0 spiro atoms. The Labute approximate surface area is 95.5 Å². The van der Waals surface area contributed by atoms with Crippen molar-refractivity contribution in [2.75, 3.05) is 5.32 Å². The van der Waals surface area contributed by atoms with Gasteiger partial charge in [0.1, 0.15) is 6.54 Å². The van der Waals surface area contributed by atoms with Crippen LogP contribution >= 0.6 is 0 Å². The molecule has 82 valence electrons. The number of nitrogens with zero attached hydrogens (tertiary/aromatic N) is 2. The minimum Gasteiger partial charge on any atom is -0.366 e. The van der Waals surface area contributed by atoms with Crippen molar-refractivity contribution in [1.82, 2.24) is 9.78 Å². The Bertz CT molecular complexity index is 532. The van der Waals surface area contributed by atoms with Crippen LogP contribution in [-0.4, -0.2) is 15.8 Å². The van der Waals surface area contributed by atoms with Crippen molar-refractivity contribution in [2.45, 2.75) is 26.4 Å². The first kappa shape index (κ1) is 10.6. The smallest absolute Gasteiger partial charge is 0.156 e. The third-order valence-electron chi connectivity index (χ3n) is 2.32. The van der Waals surface area contributed by atoms with E-state index in [0.717, 1.165) is 16.7 Å². The SMILES string of the molecule is C#CCn1nc(NC(C)C)c2ccccc21. The van der Waals surface area contributed by atoms with Crippen LogP contribution in [0.2, 0.25) is 0 Å². The molecule has 0 saturated carbocycles. The first-order valence-electron chi connectivity index (χ1n) is 5.38. The van der Waals surface area contributed by atoms with Crippen molar-refractivity contribution in [2.24, 2.45) is 0 Å². The molecule has 1 aromatic heterocycles. The minimum absolute atomic E-state index is 0.359. The van der Waals surface area contributed by atoms with Crippen LogP contribution in [0.3, 0.4) is 0 Å². The van der Waals surface area contributed by atoms with Crippen LogP contribution in [0.5, 0.6) is 0 Å². The van der Waals surface area contributed by atoms with E-state index < -0.39 is 0 Å². The fraction of sp³-hybridized carbons (Fsp3) is 0.308. The van der Waals surface area contributed by atoms with Gasteiger partial charge >= 0.3 is 0 Å². The number of aromatic nitrogens is 2. The molecule has 0 amide bonds. The standard InChI is InChI=1S/C13H15N3/c1-4-9-16-12-8-6-5-7-11(12)13(15-16)14-10(2)3/h1,5-8,10H,9H2,2-3H3,(H,14,15). The molecule has 0 aliphatic heterocycles. The predicted molar refractivity (Wildman–Crippen MR) is 67.3 cm³/mol. The fourth-order valence-corrected chi connectivity index (χ4v) is 1.71. The van der Waals surface area contributed by atoms with Crippen molar-refractivity contribution < 1.29 is 0 Å². The van der Waals surface area contributed by atoms with E-state index in [1.165, 1.54) is 0 Å². The van der Waals surface area contributed by atoms with Gasteiger partial charge in [0, 0.05) is 11.4 Å². The molecule has 0 aliphatic carbocycles. The largest absolute Gasteiger partial charge is 0.366 e. The van der Waals surface area contributed by atoms with E-state index in [4.69, 9.17) is 6.42 Å². The molecule has 0 aliphatic rings. The summed E-state index contributed by atoms with van der Waals surface area (Å²) in [5.41, 5.74) is 1.07.